The third kappa shape index (κ3) is 1.73. The van der Waals surface area contributed by atoms with Crippen molar-refractivity contribution in [2.75, 3.05) is 0 Å². The van der Waals surface area contributed by atoms with Crippen LogP contribution in [0.4, 0.5) is 0 Å². The lowest BCUT2D eigenvalue weighted by Gasteiger charge is -2.18. The number of hydrogen-bond donors (Lipinski definition) is 1. The zero-order chi connectivity index (χ0) is 10.1. The molecule has 2 unspecified atom stereocenters. The first-order valence-electron chi connectivity index (χ1n) is 5.20. The minimum Gasteiger partial charge on any atom is -0.327 e. The molecule has 0 saturated heterocycles. The van der Waals surface area contributed by atoms with E-state index in [1.807, 2.05) is 0 Å². The zero-order valence-corrected chi connectivity index (χ0v) is 10.0. The van der Waals surface area contributed by atoms with Crippen LogP contribution >= 0.6 is 15.9 Å². The van der Waals surface area contributed by atoms with Gasteiger partial charge in [0.1, 0.15) is 0 Å². The van der Waals surface area contributed by atoms with Gasteiger partial charge in [-0.1, -0.05) is 34.5 Å². The molecule has 1 nitrogen and oxygen atoms in total. The third-order valence-corrected chi connectivity index (χ3v) is 4.14. The van der Waals surface area contributed by atoms with E-state index in [0.29, 0.717) is 12.0 Å². The summed E-state index contributed by atoms with van der Waals surface area (Å²) in [5.74, 6) is 0.576. The van der Waals surface area contributed by atoms with E-state index in [4.69, 9.17) is 5.73 Å². The van der Waals surface area contributed by atoms with Gasteiger partial charge < -0.3 is 5.73 Å². The van der Waals surface area contributed by atoms with Gasteiger partial charge in [-0.15, -0.1) is 0 Å². The van der Waals surface area contributed by atoms with Gasteiger partial charge in [0.2, 0.25) is 0 Å². The highest BCUT2D eigenvalue weighted by molar-refractivity contribution is 9.10. The van der Waals surface area contributed by atoms with Crippen molar-refractivity contribution in [3.05, 3.63) is 33.8 Å². The Morgan fingerprint density at radius 2 is 2.14 bits per heavy atom. The summed E-state index contributed by atoms with van der Waals surface area (Å²) < 4.78 is 1.20. The molecule has 2 atom stereocenters. The maximum atomic E-state index is 6.11. The zero-order valence-electron chi connectivity index (χ0n) is 8.46. The highest BCUT2D eigenvalue weighted by Crippen LogP contribution is 2.36. The Hall–Kier alpha value is -0.340. The fraction of sp³-hybridized carbons (Fsp3) is 0.500. The highest BCUT2D eigenvalue weighted by atomic mass is 79.9. The van der Waals surface area contributed by atoms with E-state index in [2.05, 4.69) is 41.1 Å². The van der Waals surface area contributed by atoms with Gasteiger partial charge in [0, 0.05) is 10.5 Å². The molecular formula is C12H16BrN. The van der Waals surface area contributed by atoms with Crippen molar-refractivity contribution in [3.63, 3.8) is 0 Å². The minimum absolute atomic E-state index is 0.364. The van der Waals surface area contributed by atoms with E-state index in [-0.39, 0.29) is 0 Å². The lowest BCUT2D eigenvalue weighted by molar-refractivity contribution is 0.610. The molecule has 2 N–H and O–H groups in total. The molecule has 0 aliphatic heterocycles. The van der Waals surface area contributed by atoms with Crippen molar-refractivity contribution in [1.29, 1.82) is 0 Å². The molecule has 14 heavy (non-hydrogen) atoms. The summed E-state index contributed by atoms with van der Waals surface area (Å²) in [7, 11) is 0. The molecule has 0 radical (unpaired) electrons. The first-order valence-corrected chi connectivity index (χ1v) is 6.00. The number of hydrogen-bond acceptors (Lipinski definition) is 1. The average Bonchev–Trinajstić information content (AvgIpc) is 2.57. The van der Waals surface area contributed by atoms with E-state index in [0.717, 1.165) is 0 Å². The molecule has 1 aromatic carbocycles. The quantitative estimate of drug-likeness (QED) is 0.817. The summed E-state index contributed by atoms with van der Waals surface area (Å²) in [6.45, 7) is 2.17. The van der Waals surface area contributed by atoms with Gasteiger partial charge in [0.05, 0.1) is 0 Å². The molecular weight excluding hydrogens is 238 g/mol. The molecule has 0 amide bonds. The molecule has 2 rings (SSSR count). The van der Waals surface area contributed by atoms with Crippen LogP contribution in [0.2, 0.25) is 0 Å². The molecule has 0 aromatic heterocycles. The normalized spacial score (nSPS) is 26.8. The fourth-order valence-corrected chi connectivity index (χ4v) is 2.78. The van der Waals surface area contributed by atoms with E-state index in [9.17, 15) is 0 Å². The van der Waals surface area contributed by atoms with Gasteiger partial charge in [-0.2, -0.15) is 0 Å². The maximum absolute atomic E-state index is 6.11. The van der Waals surface area contributed by atoms with Gasteiger partial charge in [-0.05, 0) is 42.9 Å². The second-order valence-corrected chi connectivity index (χ2v) is 5.01. The predicted molar refractivity (Wildman–Crippen MR) is 63.4 cm³/mol. The second kappa shape index (κ2) is 4.03. The molecule has 2 heteroatoms. The van der Waals surface area contributed by atoms with Crippen LogP contribution in [0.1, 0.15) is 36.3 Å². The maximum Gasteiger partial charge on any atom is 0.0207 e. The standard InChI is InChI=1S/C12H16BrN/c1-8-9(4-2-6-11(8)13)10-5-3-7-12(10)14/h2,4,6,10,12H,3,5,7,14H2,1H3. The van der Waals surface area contributed by atoms with Gasteiger partial charge >= 0.3 is 0 Å². The smallest absolute Gasteiger partial charge is 0.0207 e. The summed E-state index contributed by atoms with van der Waals surface area (Å²) in [5.41, 5.74) is 8.91. The Kier molecular flexibility index (Phi) is 2.93. The molecule has 0 spiro atoms. The molecule has 76 valence electrons. The van der Waals surface area contributed by atoms with Gasteiger partial charge in [-0.3, -0.25) is 0 Å². The Labute approximate surface area is 93.8 Å². The van der Waals surface area contributed by atoms with E-state index in [1.165, 1.54) is 34.9 Å². The van der Waals surface area contributed by atoms with Crippen molar-refractivity contribution in [3.8, 4) is 0 Å². The van der Waals surface area contributed by atoms with Crippen LogP contribution in [0.3, 0.4) is 0 Å². The van der Waals surface area contributed by atoms with Crippen molar-refractivity contribution in [1.82, 2.24) is 0 Å². The molecule has 1 aliphatic carbocycles. The molecule has 1 aromatic rings. The first-order chi connectivity index (χ1) is 6.70. The highest BCUT2D eigenvalue weighted by Gasteiger charge is 2.26. The lowest BCUT2D eigenvalue weighted by atomic mass is 9.91. The van der Waals surface area contributed by atoms with Crippen LogP contribution in [0, 0.1) is 6.92 Å². The van der Waals surface area contributed by atoms with E-state index < -0.39 is 0 Å². The summed E-state index contributed by atoms with van der Waals surface area (Å²) in [5, 5.41) is 0. The van der Waals surface area contributed by atoms with E-state index >= 15 is 0 Å². The average molecular weight is 254 g/mol. The van der Waals surface area contributed by atoms with Crippen LogP contribution in [0.25, 0.3) is 0 Å². The third-order valence-electron chi connectivity index (χ3n) is 3.28. The van der Waals surface area contributed by atoms with Crippen molar-refractivity contribution in [2.24, 2.45) is 5.73 Å². The fourth-order valence-electron chi connectivity index (χ4n) is 2.40. The van der Waals surface area contributed by atoms with Gasteiger partial charge in [0.15, 0.2) is 0 Å². The van der Waals surface area contributed by atoms with Gasteiger partial charge in [0.25, 0.3) is 0 Å². The SMILES string of the molecule is Cc1c(Br)cccc1C1CCCC1N. The van der Waals surface area contributed by atoms with E-state index in [1.54, 1.807) is 0 Å². The Bertz CT molecular complexity index is 335. The summed E-state index contributed by atoms with van der Waals surface area (Å²) >= 11 is 3.57. The van der Waals surface area contributed by atoms with Crippen LogP contribution in [0.15, 0.2) is 22.7 Å². The number of benzene rings is 1. The molecule has 1 fully saturated rings. The molecule has 0 bridgehead atoms. The molecule has 1 saturated carbocycles. The number of rotatable bonds is 1. The summed E-state index contributed by atoms with van der Waals surface area (Å²) in [6.07, 6.45) is 3.70. The molecule has 0 heterocycles. The first kappa shape index (κ1) is 10.2. The molecule has 1 aliphatic rings. The van der Waals surface area contributed by atoms with Crippen LogP contribution in [-0.2, 0) is 0 Å². The van der Waals surface area contributed by atoms with Gasteiger partial charge in [-0.25, -0.2) is 0 Å². The van der Waals surface area contributed by atoms with Crippen LogP contribution in [-0.4, -0.2) is 6.04 Å². The number of halogens is 1. The topological polar surface area (TPSA) is 26.0 Å². The van der Waals surface area contributed by atoms with Crippen LogP contribution < -0.4 is 5.73 Å². The van der Waals surface area contributed by atoms with Crippen molar-refractivity contribution >= 4 is 15.9 Å². The Morgan fingerprint density at radius 1 is 1.36 bits per heavy atom. The summed E-state index contributed by atoms with van der Waals surface area (Å²) in [4.78, 5) is 0. The summed E-state index contributed by atoms with van der Waals surface area (Å²) in [6, 6.07) is 6.79. The van der Waals surface area contributed by atoms with Crippen molar-refractivity contribution in [2.45, 2.75) is 38.1 Å². The van der Waals surface area contributed by atoms with Crippen molar-refractivity contribution < 1.29 is 0 Å². The minimum atomic E-state index is 0.364. The number of nitrogens with two attached hydrogens (primary N) is 1. The largest absolute Gasteiger partial charge is 0.327 e. The Balaban J connectivity index is 2.36. The monoisotopic (exact) mass is 253 g/mol. The predicted octanol–water partition coefficient (Wildman–Crippen LogP) is 3.35. The second-order valence-electron chi connectivity index (χ2n) is 4.16. The Morgan fingerprint density at radius 3 is 2.79 bits per heavy atom. The lowest BCUT2D eigenvalue weighted by Crippen LogP contribution is -2.23. The van der Waals surface area contributed by atoms with Crippen LogP contribution in [0.5, 0.6) is 0 Å².